The SMILES string of the molecule is CCC(C(=O)NC(C)(C)C)N(Cc1ccc(F)cc1)C(=O)CCCN(c1ccc(Cl)cc1)S(C)(=O)=O. The number of carbonyl (C=O) groups excluding carboxylic acids is 2. The Kier molecular flexibility index (Phi) is 10.3. The molecule has 198 valence electrons. The number of nitrogens with zero attached hydrogens (tertiary/aromatic N) is 2. The number of carbonyl (C=O) groups is 2. The topological polar surface area (TPSA) is 86.8 Å². The molecule has 0 radical (unpaired) electrons. The molecule has 0 saturated heterocycles. The first kappa shape index (κ1) is 29.6. The molecule has 0 fully saturated rings. The van der Waals surface area contributed by atoms with E-state index in [4.69, 9.17) is 11.6 Å². The Morgan fingerprint density at radius 3 is 2.14 bits per heavy atom. The molecule has 0 aliphatic carbocycles. The number of sulfonamides is 1. The van der Waals surface area contributed by atoms with Crippen LogP contribution in [0.1, 0.15) is 52.5 Å². The second kappa shape index (κ2) is 12.5. The van der Waals surface area contributed by atoms with E-state index in [1.54, 1.807) is 36.4 Å². The molecule has 0 heterocycles. The zero-order valence-corrected chi connectivity index (χ0v) is 23.0. The van der Waals surface area contributed by atoms with Gasteiger partial charge in [-0.05, 0) is 75.6 Å². The quantitative estimate of drug-likeness (QED) is 0.446. The van der Waals surface area contributed by atoms with Gasteiger partial charge in [-0.3, -0.25) is 13.9 Å². The highest BCUT2D eigenvalue weighted by Gasteiger charge is 2.30. The van der Waals surface area contributed by atoms with Crippen LogP contribution in [0.4, 0.5) is 10.1 Å². The van der Waals surface area contributed by atoms with Gasteiger partial charge >= 0.3 is 0 Å². The molecule has 2 aromatic carbocycles. The molecule has 0 aliphatic heterocycles. The minimum atomic E-state index is -3.59. The number of amides is 2. The van der Waals surface area contributed by atoms with Crippen LogP contribution in [0.3, 0.4) is 0 Å². The molecule has 2 amide bonds. The van der Waals surface area contributed by atoms with Crippen molar-refractivity contribution < 1.29 is 22.4 Å². The number of anilines is 1. The molecule has 0 spiro atoms. The number of benzene rings is 2. The molecule has 10 heteroatoms. The Morgan fingerprint density at radius 1 is 1.06 bits per heavy atom. The normalized spacial score (nSPS) is 12.6. The summed E-state index contributed by atoms with van der Waals surface area (Å²) in [5.41, 5.74) is 0.656. The minimum absolute atomic E-state index is 0.0279. The fraction of sp³-hybridized carbons (Fsp3) is 0.462. The second-order valence-electron chi connectivity index (χ2n) is 9.73. The van der Waals surface area contributed by atoms with Gasteiger partial charge in [-0.15, -0.1) is 0 Å². The average molecular weight is 540 g/mol. The Morgan fingerprint density at radius 2 is 1.64 bits per heavy atom. The van der Waals surface area contributed by atoms with Gasteiger partial charge in [0.05, 0.1) is 11.9 Å². The first-order chi connectivity index (χ1) is 16.7. The lowest BCUT2D eigenvalue weighted by molar-refractivity contribution is -0.142. The van der Waals surface area contributed by atoms with Crippen molar-refractivity contribution in [3.63, 3.8) is 0 Å². The minimum Gasteiger partial charge on any atom is -0.350 e. The van der Waals surface area contributed by atoms with Crippen molar-refractivity contribution in [3.05, 3.63) is 64.9 Å². The molecular weight excluding hydrogens is 505 g/mol. The van der Waals surface area contributed by atoms with Gasteiger partial charge in [-0.25, -0.2) is 12.8 Å². The predicted octanol–water partition coefficient (Wildman–Crippen LogP) is 4.75. The van der Waals surface area contributed by atoms with E-state index < -0.39 is 27.4 Å². The first-order valence-corrected chi connectivity index (χ1v) is 14.0. The van der Waals surface area contributed by atoms with Crippen molar-refractivity contribution in [1.82, 2.24) is 10.2 Å². The third-order valence-electron chi connectivity index (χ3n) is 5.42. The lowest BCUT2D eigenvalue weighted by Gasteiger charge is -2.33. The lowest BCUT2D eigenvalue weighted by atomic mass is 10.0. The van der Waals surface area contributed by atoms with Gasteiger partial charge in [-0.2, -0.15) is 0 Å². The number of hydrogen-bond donors (Lipinski definition) is 1. The maximum Gasteiger partial charge on any atom is 0.243 e. The van der Waals surface area contributed by atoms with E-state index in [9.17, 15) is 22.4 Å². The van der Waals surface area contributed by atoms with Crippen LogP contribution in [-0.4, -0.2) is 49.5 Å². The van der Waals surface area contributed by atoms with E-state index >= 15 is 0 Å². The average Bonchev–Trinajstić information content (AvgIpc) is 2.76. The molecule has 0 aromatic heterocycles. The van der Waals surface area contributed by atoms with Crippen LogP contribution < -0.4 is 9.62 Å². The van der Waals surface area contributed by atoms with Gasteiger partial charge < -0.3 is 10.2 Å². The van der Waals surface area contributed by atoms with Gasteiger partial charge in [-0.1, -0.05) is 30.7 Å². The Balaban J connectivity index is 2.22. The third-order valence-corrected chi connectivity index (χ3v) is 6.86. The fourth-order valence-corrected chi connectivity index (χ4v) is 4.86. The second-order valence-corrected chi connectivity index (χ2v) is 12.1. The highest BCUT2D eigenvalue weighted by atomic mass is 35.5. The van der Waals surface area contributed by atoms with E-state index in [1.165, 1.54) is 21.3 Å². The third kappa shape index (κ3) is 9.09. The van der Waals surface area contributed by atoms with Gasteiger partial charge in [0.25, 0.3) is 0 Å². The van der Waals surface area contributed by atoms with Gasteiger partial charge in [0.2, 0.25) is 21.8 Å². The molecule has 0 bridgehead atoms. The number of rotatable bonds is 11. The lowest BCUT2D eigenvalue weighted by Crippen LogP contribution is -2.53. The van der Waals surface area contributed by atoms with Crippen molar-refractivity contribution in [2.24, 2.45) is 0 Å². The van der Waals surface area contributed by atoms with Gasteiger partial charge in [0.1, 0.15) is 11.9 Å². The summed E-state index contributed by atoms with van der Waals surface area (Å²) in [5, 5.41) is 3.41. The molecule has 2 rings (SSSR count). The van der Waals surface area contributed by atoms with E-state index in [0.29, 0.717) is 22.7 Å². The smallest absolute Gasteiger partial charge is 0.243 e. The molecule has 1 unspecified atom stereocenters. The van der Waals surface area contributed by atoms with E-state index in [2.05, 4.69) is 5.32 Å². The first-order valence-electron chi connectivity index (χ1n) is 11.8. The van der Waals surface area contributed by atoms with E-state index in [-0.39, 0.29) is 37.7 Å². The molecular formula is C26H35ClFN3O4S. The van der Waals surface area contributed by atoms with Crippen molar-refractivity contribution >= 4 is 39.1 Å². The van der Waals surface area contributed by atoms with Crippen LogP contribution >= 0.6 is 11.6 Å². The monoisotopic (exact) mass is 539 g/mol. The molecule has 2 aromatic rings. The maximum absolute atomic E-state index is 13.4. The van der Waals surface area contributed by atoms with Crippen LogP contribution in [0.2, 0.25) is 5.02 Å². The number of hydrogen-bond acceptors (Lipinski definition) is 4. The number of halogens is 2. The number of nitrogens with one attached hydrogen (secondary N) is 1. The molecule has 1 N–H and O–H groups in total. The summed E-state index contributed by atoms with van der Waals surface area (Å²) in [7, 11) is -3.59. The highest BCUT2D eigenvalue weighted by Crippen LogP contribution is 2.22. The highest BCUT2D eigenvalue weighted by molar-refractivity contribution is 7.92. The molecule has 0 aliphatic rings. The molecule has 1 atom stereocenters. The van der Waals surface area contributed by atoms with Crippen LogP contribution in [-0.2, 0) is 26.2 Å². The van der Waals surface area contributed by atoms with E-state index in [0.717, 1.165) is 6.26 Å². The van der Waals surface area contributed by atoms with Crippen LogP contribution in [0.5, 0.6) is 0 Å². The van der Waals surface area contributed by atoms with Gasteiger partial charge in [0.15, 0.2) is 0 Å². The summed E-state index contributed by atoms with van der Waals surface area (Å²) in [6.07, 6.45) is 1.76. The summed E-state index contributed by atoms with van der Waals surface area (Å²) in [6.45, 7) is 7.62. The summed E-state index contributed by atoms with van der Waals surface area (Å²) >= 11 is 5.92. The zero-order chi connectivity index (χ0) is 27.1. The Bertz CT molecular complexity index is 1130. The van der Waals surface area contributed by atoms with Crippen molar-refractivity contribution in [2.45, 2.75) is 65.1 Å². The Hall–Kier alpha value is -2.65. The summed E-state index contributed by atoms with van der Waals surface area (Å²) in [5.74, 6) is -0.962. The zero-order valence-electron chi connectivity index (χ0n) is 21.4. The molecule has 7 nitrogen and oxygen atoms in total. The van der Waals surface area contributed by atoms with E-state index in [1.807, 2.05) is 27.7 Å². The standard InChI is InChI=1S/C26H35ClFN3O4S/c1-6-23(25(33)29-26(2,3)4)30(18-19-9-13-21(28)14-10-19)24(32)8-7-17-31(36(5,34)35)22-15-11-20(27)12-16-22/h9-16,23H,6-8,17-18H2,1-5H3,(H,29,33). The molecule has 36 heavy (non-hydrogen) atoms. The summed E-state index contributed by atoms with van der Waals surface area (Å²) < 4.78 is 39.4. The fourth-order valence-electron chi connectivity index (χ4n) is 3.77. The summed E-state index contributed by atoms with van der Waals surface area (Å²) in [6, 6.07) is 11.5. The summed E-state index contributed by atoms with van der Waals surface area (Å²) in [4.78, 5) is 27.9. The van der Waals surface area contributed by atoms with Crippen LogP contribution in [0.25, 0.3) is 0 Å². The van der Waals surface area contributed by atoms with Crippen molar-refractivity contribution in [2.75, 3.05) is 17.1 Å². The largest absolute Gasteiger partial charge is 0.350 e. The predicted molar refractivity (Wildman–Crippen MR) is 142 cm³/mol. The van der Waals surface area contributed by atoms with Gasteiger partial charge in [0, 0.05) is 30.1 Å². The van der Waals surface area contributed by atoms with Crippen molar-refractivity contribution in [1.29, 1.82) is 0 Å². The van der Waals surface area contributed by atoms with Crippen molar-refractivity contribution in [3.8, 4) is 0 Å². The van der Waals surface area contributed by atoms with Crippen LogP contribution in [0.15, 0.2) is 48.5 Å². The molecule has 0 saturated carbocycles. The van der Waals surface area contributed by atoms with Crippen LogP contribution in [0, 0.1) is 5.82 Å². The Labute approximate surface area is 218 Å². The maximum atomic E-state index is 13.4.